The van der Waals surface area contributed by atoms with E-state index in [4.69, 9.17) is 14.2 Å². The molecule has 1 saturated heterocycles. The first kappa shape index (κ1) is 25.2. The highest BCUT2D eigenvalue weighted by atomic mass is 16.6. The molecular formula is C22H33N3O7. The van der Waals surface area contributed by atoms with Crippen molar-refractivity contribution in [3.8, 4) is 11.5 Å². The Morgan fingerprint density at radius 3 is 2.53 bits per heavy atom. The summed E-state index contributed by atoms with van der Waals surface area (Å²) in [6.07, 6.45) is 2.59. The maximum absolute atomic E-state index is 12.5. The van der Waals surface area contributed by atoms with Crippen LogP contribution in [0.4, 0.5) is 10.5 Å². The van der Waals surface area contributed by atoms with E-state index >= 15 is 0 Å². The summed E-state index contributed by atoms with van der Waals surface area (Å²) in [4.78, 5) is 37.8. The highest BCUT2D eigenvalue weighted by Gasteiger charge is 2.30. The summed E-state index contributed by atoms with van der Waals surface area (Å²) >= 11 is 0. The minimum atomic E-state index is -0.670. The number of carbonyl (C=O) groups is 2. The van der Waals surface area contributed by atoms with Gasteiger partial charge in [-0.15, -0.1) is 0 Å². The summed E-state index contributed by atoms with van der Waals surface area (Å²) in [6, 6.07) is 2.85. The van der Waals surface area contributed by atoms with Gasteiger partial charge in [-0.2, -0.15) is 0 Å². The number of likely N-dealkylation sites (tertiary alicyclic amines) is 1. The fraction of sp³-hybridized carbons (Fsp3) is 0.636. The molecule has 1 aliphatic rings. The Balaban J connectivity index is 2.08. The molecule has 1 aromatic rings. The molecular weight excluding hydrogens is 418 g/mol. The van der Waals surface area contributed by atoms with E-state index in [0.717, 1.165) is 19.3 Å². The summed E-state index contributed by atoms with van der Waals surface area (Å²) in [6.45, 7) is 5.52. The number of benzene rings is 1. The van der Waals surface area contributed by atoms with Crippen molar-refractivity contribution in [2.45, 2.75) is 71.0 Å². The SMILES string of the molecule is CCC(NC(=O)OCC(C)c1cc(OC)c(OC)cc1[N+](=O)[O-])N1C(=O)CCCCC1C. The largest absolute Gasteiger partial charge is 0.493 e. The monoisotopic (exact) mass is 451 g/mol. The summed E-state index contributed by atoms with van der Waals surface area (Å²) in [5.74, 6) is 0.149. The molecule has 1 N–H and O–H groups in total. The van der Waals surface area contributed by atoms with Crippen molar-refractivity contribution in [1.82, 2.24) is 10.2 Å². The molecule has 1 aliphatic heterocycles. The lowest BCUT2D eigenvalue weighted by Crippen LogP contribution is -2.53. The number of rotatable bonds is 9. The molecule has 0 radical (unpaired) electrons. The van der Waals surface area contributed by atoms with Crippen LogP contribution < -0.4 is 14.8 Å². The number of amides is 2. The smallest absolute Gasteiger partial charge is 0.408 e. The van der Waals surface area contributed by atoms with Crippen molar-refractivity contribution in [2.75, 3.05) is 20.8 Å². The van der Waals surface area contributed by atoms with Gasteiger partial charge >= 0.3 is 6.09 Å². The molecule has 1 aromatic carbocycles. The maximum Gasteiger partial charge on any atom is 0.408 e. The number of hydrogen-bond acceptors (Lipinski definition) is 7. The quantitative estimate of drug-likeness (QED) is 0.445. The van der Waals surface area contributed by atoms with Gasteiger partial charge in [-0.05, 0) is 32.3 Å². The van der Waals surface area contributed by atoms with Crippen LogP contribution in [-0.2, 0) is 9.53 Å². The van der Waals surface area contributed by atoms with Crippen LogP contribution in [0.2, 0.25) is 0 Å². The summed E-state index contributed by atoms with van der Waals surface area (Å²) < 4.78 is 15.8. The Kier molecular flexibility index (Phi) is 9.10. The number of nitro benzene ring substituents is 1. The molecule has 2 rings (SSSR count). The Morgan fingerprint density at radius 1 is 1.28 bits per heavy atom. The van der Waals surface area contributed by atoms with E-state index in [1.807, 2.05) is 13.8 Å². The first-order valence-corrected chi connectivity index (χ1v) is 10.9. The Morgan fingerprint density at radius 2 is 1.94 bits per heavy atom. The fourth-order valence-corrected chi connectivity index (χ4v) is 3.98. The van der Waals surface area contributed by atoms with E-state index < -0.39 is 23.1 Å². The molecule has 3 atom stereocenters. The van der Waals surface area contributed by atoms with Gasteiger partial charge in [-0.3, -0.25) is 14.9 Å². The van der Waals surface area contributed by atoms with Gasteiger partial charge in [0.05, 0.1) is 25.2 Å². The van der Waals surface area contributed by atoms with Crippen molar-refractivity contribution in [1.29, 1.82) is 0 Å². The van der Waals surface area contributed by atoms with Gasteiger partial charge in [-0.25, -0.2) is 4.79 Å². The third-order valence-corrected chi connectivity index (χ3v) is 5.76. The lowest BCUT2D eigenvalue weighted by atomic mass is 9.99. The first-order chi connectivity index (χ1) is 15.2. The predicted octanol–water partition coefficient (Wildman–Crippen LogP) is 3.97. The maximum atomic E-state index is 12.5. The molecule has 2 amide bonds. The Labute approximate surface area is 188 Å². The summed E-state index contributed by atoms with van der Waals surface area (Å²) in [5.41, 5.74) is 0.221. The number of alkyl carbamates (subject to hydrolysis) is 1. The van der Waals surface area contributed by atoms with Crippen molar-refractivity contribution < 1.29 is 28.7 Å². The van der Waals surface area contributed by atoms with E-state index in [1.54, 1.807) is 11.8 Å². The number of carbonyl (C=O) groups excluding carboxylic acids is 2. The zero-order valence-corrected chi connectivity index (χ0v) is 19.4. The molecule has 10 nitrogen and oxygen atoms in total. The molecule has 32 heavy (non-hydrogen) atoms. The molecule has 3 unspecified atom stereocenters. The summed E-state index contributed by atoms with van der Waals surface area (Å²) in [7, 11) is 2.84. The van der Waals surface area contributed by atoms with Gasteiger partial charge in [0.15, 0.2) is 11.5 Å². The number of nitrogens with zero attached hydrogens (tertiary/aromatic N) is 2. The van der Waals surface area contributed by atoms with Crippen molar-refractivity contribution >= 4 is 17.7 Å². The van der Waals surface area contributed by atoms with E-state index in [9.17, 15) is 19.7 Å². The third-order valence-electron chi connectivity index (χ3n) is 5.76. The lowest BCUT2D eigenvalue weighted by molar-refractivity contribution is -0.385. The van der Waals surface area contributed by atoms with Crippen LogP contribution in [0.25, 0.3) is 0 Å². The average molecular weight is 452 g/mol. The van der Waals surface area contributed by atoms with Crippen LogP contribution in [0.5, 0.6) is 11.5 Å². The highest BCUT2D eigenvalue weighted by molar-refractivity contribution is 5.78. The zero-order valence-electron chi connectivity index (χ0n) is 19.4. The molecule has 178 valence electrons. The van der Waals surface area contributed by atoms with Gasteiger partial charge in [0.2, 0.25) is 5.91 Å². The van der Waals surface area contributed by atoms with Crippen LogP contribution in [0.15, 0.2) is 12.1 Å². The first-order valence-electron chi connectivity index (χ1n) is 10.9. The van der Waals surface area contributed by atoms with Gasteiger partial charge in [0.25, 0.3) is 5.69 Å². The molecule has 0 aromatic heterocycles. The number of methoxy groups -OCH3 is 2. The van der Waals surface area contributed by atoms with Gasteiger partial charge in [0.1, 0.15) is 12.8 Å². The molecule has 0 bridgehead atoms. The molecule has 0 saturated carbocycles. The van der Waals surface area contributed by atoms with Gasteiger partial charge in [0, 0.05) is 23.9 Å². The van der Waals surface area contributed by atoms with Crippen molar-refractivity contribution in [3.63, 3.8) is 0 Å². The summed E-state index contributed by atoms with van der Waals surface area (Å²) in [5, 5.41) is 14.3. The number of ether oxygens (including phenoxy) is 3. The normalized spacial score (nSPS) is 18.3. The van der Waals surface area contributed by atoms with Gasteiger partial charge < -0.3 is 24.4 Å². The number of nitrogens with one attached hydrogen (secondary N) is 1. The third kappa shape index (κ3) is 6.02. The molecule has 10 heteroatoms. The predicted molar refractivity (Wildman–Crippen MR) is 118 cm³/mol. The van der Waals surface area contributed by atoms with Crippen LogP contribution >= 0.6 is 0 Å². The second-order valence-electron chi connectivity index (χ2n) is 7.99. The van der Waals surface area contributed by atoms with E-state index in [2.05, 4.69) is 5.32 Å². The molecule has 1 heterocycles. The van der Waals surface area contributed by atoms with Crippen LogP contribution in [0.3, 0.4) is 0 Å². The highest BCUT2D eigenvalue weighted by Crippen LogP contribution is 2.38. The minimum Gasteiger partial charge on any atom is -0.493 e. The topological polar surface area (TPSA) is 120 Å². The average Bonchev–Trinajstić information content (AvgIpc) is 2.94. The molecule has 0 aliphatic carbocycles. The minimum absolute atomic E-state index is 0.0245. The van der Waals surface area contributed by atoms with Crippen molar-refractivity contribution in [2.24, 2.45) is 0 Å². The second kappa shape index (κ2) is 11.5. The standard InChI is InChI=1S/C22H33N3O7/c1-6-20(24-15(3)9-7-8-10-21(24)26)23-22(27)32-13-14(2)16-11-18(30-4)19(31-5)12-17(16)25(28)29/h11-12,14-15,20H,6-10,13H2,1-5H3,(H,23,27). The number of hydrogen-bond donors (Lipinski definition) is 1. The Bertz CT molecular complexity index is 830. The van der Waals surface area contributed by atoms with Crippen LogP contribution in [-0.4, -0.2) is 54.9 Å². The van der Waals surface area contributed by atoms with Gasteiger partial charge in [-0.1, -0.05) is 20.3 Å². The Hall–Kier alpha value is -3.04. The molecule has 1 fully saturated rings. The van der Waals surface area contributed by atoms with Crippen molar-refractivity contribution in [3.05, 3.63) is 27.8 Å². The zero-order chi connectivity index (χ0) is 23.8. The van der Waals surface area contributed by atoms with Crippen LogP contribution in [0.1, 0.15) is 64.4 Å². The van der Waals surface area contributed by atoms with Crippen LogP contribution in [0, 0.1) is 10.1 Å². The second-order valence-corrected chi connectivity index (χ2v) is 7.99. The molecule has 0 spiro atoms. The lowest BCUT2D eigenvalue weighted by Gasteiger charge is -2.35. The van der Waals surface area contributed by atoms with E-state index in [0.29, 0.717) is 24.2 Å². The van der Waals surface area contributed by atoms with E-state index in [-0.39, 0.29) is 30.0 Å². The fourth-order valence-electron chi connectivity index (χ4n) is 3.98. The number of nitro groups is 1. The van der Waals surface area contributed by atoms with E-state index in [1.165, 1.54) is 26.4 Å².